The van der Waals surface area contributed by atoms with Crippen LogP contribution in [0.1, 0.15) is 21.9 Å². The Hall–Kier alpha value is -2.20. The third-order valence-electron chi connectivity index (χ3n) is 3.23. The molecular formula is C15H12ClNO3. The maximum absolute atomic E-state index is 11.0. The third-order valence-corrected chi connectivity index (χ3v) is 3.53. The monoisotopic (exact) mass is 289 g/mol. The Morgan fingerprint density at radius 1 is 1.40 bits per heavy atom. The van der Waals surface area contributed by atoms with Crippen LogP contribution in [0.3, 0.4) is 0 Å². The number of aromatic nitrogens is 1. The van der Waals surface area contributed by atoms with Gasteiger partial charge in [-0.2, -0.15) is 0 Å². The molecule has 0 spiro atoms. The van der Waals surface area contributed by atoms with E-state index in [9.17, 15) is 4.79 Å². The predicted octanol–water partition coefficient (Wildman–Crippen LogP) is 3.94. The second-order valence-electron chi connectivity index (χ2n) is 4.65. The second kappa shape index (κ2) is 4.72. The van der Waals surface area contributed by atoms with Gasteiger partial charge < -0.3 is 14.1 Å². The van der Waals surface area contributed by atoms with Crippen molar-refractivity contribution in [1.82, 2.24) is 4.57 Å². The highest BCUT2D eigenvalue weighted by atomic mass is 35.5. The number of fused-ring (bicyclic) bond motifs is 1. The number of halogens is 1. The lowest BCUT2D eigenvalue weighted by Crippen LogP contribution is -1.97. The van der Waals surface area contributed by atoms with Crippen LogP contribution in [0.4, 0.5) is 0 Å². The van der Waals surface area contributed by atoms with E-state index in [1.807, 2.05) is 35.0 Å². The van der Waals surface area contributed by atoms with E-state index in [4.69, 9.17) is 21.1 Å². The summed E-state index contributed by atoms with van der Waals surface area (Å²) in [6.45, 7) is 2.17. The molecule has 0 saturated carbocycles. The molecule has 0 saturated heterocycles. The highest BCUT2D eigenvalue weighted by molar-refractivity contribution is 6.35. The van der Waals surface area contributed by atoms with E-state index in [0.717, 1.165) is 10.9 Å². The average Bonchev–Trinajstić information content (AvgIpc) is 2.95. The molecule has 0 unspecified atom stereocenters. The van der Waals surface area contributed by atoms with Crippen molar-refractivity contribution >= 4 is 28.5 Å². The summed E-state index contributed by atoms with van der Waals surface area (Å²) in [5.41, 5.74) is 1.54. The molecule has 2 aromatic heterocycles. The molecule has 0 bridgehead atoms. The molecule has 1 N–H and O–H groups in total. The number of furan rings is 1. The van der Waals surface area contributed by atoms with Crippen molar-refractivity contribution in [2.45, 2.75) is 13.5 Å². The van der Waals surface area contributed by atoms with Gasteiger partial charge >= 0.3 is 5.97 Å². The van der Waals surface area contributed by atoms with Crippen molar-refractivity contribution in [3.8, 4) is 0 Å². The number of carbonyl (C=O) groups is 1. The van der Waals surface area contributed by atoms with Gasteiger partial charge in [0.25, 0.3) is 0 Å². The van der Waals surface area contributed by atoms with Gasteiger partial charge in [0.15, 0.2) is 0 Å². The normalized spacial score (nSPS) is 11.1. The SMILES string of the molecule is Cc1cc(Cn2ccc3cccc(Cl)c32)oc1C(=O)O. The molecule has 0 fully saturated rings. The fourth-order valence-electron chi connectivity index (χ4n) is 2.35. The van der Waals surface area contributed by atoms with E-state index < -0.39 is 5.97 Å². The van der Waals surface area contributed by atoms with Crippen LogP contribution in [0.2, 0.25) is 5.02 Å². The molecule has 0 radical (unpaired) electrons. The summed E-state index contributed by atoms with van der Waals surface area (Å²) < 4.78 is 7.32. The first-order valence-electron chi connectivity index (χ1n) is 6.12. The van der Waals surface area contributed by atoms with E-state index in [1.54, 1.807) is 13.0 Å². The lowest BCUT2D eigenvalue weighted by Gasteiger charge is -2.04. The molecule has 0 atom stereocenters. The van der Waals surface area contributed by atoms with E-state index >= 15 is 0 Å². The van der Waals surface area contributed by atoms with Gasteiger partial charge in [-0.1, -0.05) is 23.7 Å². The minimum atomic E-state index is -1.05. The number of hydrogen-bond donors (Lipinski definition) is 1. The van der Waals surface area contributed by atoms with Crippen LogP contribution in [-0.4, -0.2) is 15.6 Å². The standard InChI is InChI=1S/C15H12ClNO3/c1-9-7-11(20-14(9)15(18)19)8-17-6-5-10-3-2-4-12(16)13(10)17/h2-7H,8H2,1H3,(H,18,19). The Labute approximate surface area is 120 Å². The van der Waals surface area contributed by atoms with Gasteiger partial charge in [-0.15, -0.1) is 0 Å². The van der Waals surface area contributed by atoms with Gasteiger partial charge in [-0.3, -0.25) is 0 Å². The second-order valence-corrected chi connectivity index (χ2v) is 5.06. The number of benzene rings is 1. The zero-order chi connectivity index (χ0) is 14.3. The topological polar surface area (TPSA) is 55.4 Å². The molecule has 4 nitrogen and oxygen atoms in total. The first-order valence-corrected chi connectivity index (χ1v) is 6.50. The Kier molecular flexibility index (Phi) is 3.03. The molecular weight excluding hydrogens is 278 g/mol. The summed E-state index contributed by atoms with van der Waals surface area (Å²) in [6.07, 6.45) is 1.91. The smallest absolute Gasteiger partial charge is 0.372 e. The van der Waals surface area contributed by atoms with Crippen molar-refractivity contribution in [3.63, 3.8) is 0 Å². The molecule has 0 aliphatic rings. The van der Waals surface area contributed by atoms with Gasteiger partial charge in [-0.05, 0) is 25.1 Å². The summed E-state index contributed by atoms with van der Waals surface area (Å²) in [5, 5.41) is 10.7. The molecule has 3 aromatic rings. The van der Waals surface area contributed by atoms with Crippen LogP contribution < -0.4 is 0 Å². The summed E-state index contributed by atoms with van der Waals surface area (Å²) in [5.74, 6) is -0.468. The van der Waals surface area contributed by atoms with E-state index in [0.29, 0.717) is 22.9 Å². The zero-order valence-electron chi connectivity index (χ0n) is 10.8. The number of carboxylic acids is 1. The third kappa shape index (κ3) is 2.08. The Bertz CT molecular complexity index is 801. The number of carboxylic acid groups (broad SMARTS) is 1. The minimum absolute atomic E-state index is 0.0115. The van der Waals surface area contributed by atoms with E-state index in [1.165, 1.54) is 0 Å². The molecule has 102 valence electrons. The van der Waals surface area contributed by atoms with Crippen molar-refractivity contribution in [2.75, 3.05) is 0 Å². The summed E-state index contributed by atoms with van der Waals surface area (Å²) in [6, 6.07) is 9.42. The maximum atomic E-state index is 11.0. The van der Waals surface area contributed by atoms with Gasteiger partial charge in [0.2, 0.25) is 5.76 Å². The summed E-state index contributed by atoms with van der Waals surface area (Å²) in [4.78, 5) is 11.0. The lowest BCUT2D eigenvalue weighted by molar-refractivity contribution is 0.0659. The van der Waals surface area contributed by atoms with Crippen molar-refractivity contribution in [3.05, 3.63) is 58.6 Å². The van der Waals surface area contributed by atoms with Gasteiger partial charge in [-0.25, -0.2) is 4.79 Å². The van der Waals surface area contributed by atoms with Crippen LogP contribution in [0.25, 0.3) is 10.9 Å². The maximum Gasteiger partial charge on any atom is 0.372 e. The van der Waals surface area contributed by atoms with Crippen molar-refractivity contribution in [2.24, 2.45) is 0 Å². The molecule has 3 rings (SSSR count). The van der Waals surface area contributed by atoms with Crippen molar-refractivity contribution in [1.29, 1.82) is 0 Å². The highest BCUT2D eigenvalue weighted by Crippen LogP contribution is 2.26. The first kappa shape index (κ1) is 12.8. The van der Waals surface area contributed by atoms with Crippen molar-refractivity contribution < 1.29 is 14.3 Å². The average molecular weight is 290 g/mol. The first-order chi connectivity index (χ1) is 9.56. The molecule has 0 aliphatic carbocycles. The van der Waals surface area contributed by atoms with Crippen LogP contribution in [-0.2, 0) is 6.54 Å². The number of aryl methyl sites for hydroxylation is 1. The Morgan fingerprint density at radius 3 is 2.90 bits per heavy atom. The molecule has 0 amide bonds. The number of rotatable bonds is 3. The molecule has 2 heterocycles. The minimum Gasteiger partial charge on any atom is -0.475 e. The van der Waals surface area contributed by atoms with Crippen LogP contribution in [0.5, 0.6) is 0 Å². The van der Waals surface area contributed by atoms with Crippen LogP contribution in [0, 0.1) is 6.92 Å². The zero-order valence-corrected chi connectivity index (χ0v) is 11.5. The molecule has 0 aliphatic heterocycles. The van der Waals surface area contributed by atoms with Crippen LogP contribution >= 0.6 is 11.6 Å². The van der Waals surface area contributed by atoms with E-state index in [-0.39, 0.29) is 5.76 Å². The Balaban J connectivity index is 2.01. The molecule has 20 heavy (non-hydrogen) atoms. The quantitative estimate of drug-likeness (QED) is 0.794. The van der Waals surface area contributed by atoms with Gasteiger partial charge in [0.05, 0.1) is 17.1 Å². The highest BCUT2D eigenvalue weighted by Gasteiger charge is 2.15. The summed E-state index contributed by atoms with van der Waals surface area (Å²) in [7, 11) is 0. The number of nitrogens with zero attached hydrogens (tertiary/aromatic N) is 1. The predicted molar refractivity (Wildman–Crippen MR) is 76.5 cm³/mol. The number of aromatic carboxylic acids is 1. The summed E-state index contributed by atoms with van der Waals surface area (Å²) >= 11 is 6.21. The largest absolute Gasteiger partial charge is 0.475 e. The molecule has 1 aromatic carbocycles. The fraction of sp³-hybridized carbons (Fsp3) is 0.133. The number of hydrogen-bond acceptors (Lipinski definition) is 2. The fourth-order valence-corrected chi connectivity index (χ4v) is 2.64. The van der Waals surface area contributed by atoms with Gasteiger partial charge in [0.1, 0.15) is 5.76 Å². The molecule has 5 heteroatoms. The van der Waals surface area contributed by atoms with Gasteiger partial charge in [0, 0.05) is 17.1 Å². The van der Waals surface area contributed by atoms with E-state index in [2.05, 4.69) is 0 Å². The van der Waals surface area contributed by atoms with Crippen LogP contribution in [0.15, 0.2) is 40.9 Å². The Morgan fingerprint density at radius 2 is 2.20 bits per heavy atom. The lowest BCUT2D eigenvalue weighted by atomic mass is 10.2. The number of para-hydroxylation sites is 1.